The van der Waals surface area contributed by atoms with Crippen LogP contribution in [0, 0.1) is 5.92 Å². The molecule has 0 bridgehead atoms. The third-order valence-electron chi connectivity index (χ3n) is 4.03. The van der Waals surface area contributed by atoms with E-state index in [9.17, 15) is 4.79 Å². The number of ether oxygens (including phenoxy) is 1. The maximum Gasteiger partial charge on any atom is 0.310 e. The van der Waals surface area contributed by atoms with E-state index < -0.39 is 0 Å². The summed E-state index contributed by atoms with van der Waals surface area (Å²) in [5.74, 6) is 0.835. The van der Waals surface area contributed by atoms with Crippen molar-refractivity contribution in [2.75, 3.05) is 12.4 Å². The Balaban J connectivity index is 1.89. The second kappa shape index (κ2) is 9.14. The van der Waals surface area contributed by atoms with Gasteiger partial charge < -0.3 is 4.74 Å². The quantitative estimate of drug-likeness (QED) is 0.695. The van der Waals surface area contributed by atoms with E-state index >= 15 is 0 Å². The van der Waals surface area contributed by atoms with E-state index in [-0.39, 0.29) is 11.9 Å². The molecule has 0 aromatic heterocycles. The highest BCUT2D eigenvalue weighted by atomic mass is 32.2. The zero-order chi connectivity index (χ0) is 14.9. The standard InChI is InChI=1S/C18H26O2S/c1-2-20-18(19)16(13-15-9-5-3-6-10-15)14-21-17-11-7-4-8-12-17/h3,5-6,9-10,16-17H,2,4,7-8,11-14H2,1H3. The molecular formula is C18H26O2S. The molecule has 1 aliphatic carbocycles. The fraction of sp³-hybridized carbons (Fsp3) is 0.611. The Morgan fingerprint density at radius 2 is 1.95 bits per heavy atom. The molecule has 0 amide bonds. The highest BCUT2D eigenvalue weighted by Crippen LogP contribution is 2.30. The van der Waals surface area contributed by atoms with Crippen LogP contribution in [0.1, 0.15) is 44.6 Å². The third kappa shape index (κ3) is 5.74. The van der Waals surface area contributed by atoms with Gasteiger partial charge in [-0.2, -0.15) is 11.8 Å². The fourth-order valence-electron chi connectivity index (χ4n) is 2.85. The Labute approximate surface area is 132 Å². The molecular weight excluding hydrogens is 280 g/mol. The van der Waals surface area contributed by atoms with E-state index in [1.165, 1.54) is 37.7 Å². The lowest BCUT2D eigenvalue weighted by Crippen LogP contribution is -2.24. The Kier molecular flexibility index (Phi) is 7.14. The van der Waals surface area contributed by atoms with Crippen LogP contribution in [-0.2, 0) is 16.0 Å². The highest BCUT2D eigenvalue weighted by molar-refractivity contribution is 7.99. The van der Waals surface area contributed by atoms with Gasteiger partial charge in [-0.3, -0.25) is 4.79 Å². The van der Waals surface area contributed by atoms with Gasteiger partial charge in [-0.15, -0.1) is 0 Å². The van der Waals surface area contributed by atoms with Gasteiger partial charge >= 0.3 is 5.97 Å². The minimum atomic E-state index is -0.0373. The number of esters is 1. The van der Waals surface area contributed by atoms with Crippen LogP contribution in [0.3, 0.4) is 0 Å². The molecule has 116 valence electrons. The van der Waals surface area contributed by atoms with Crippen molar-refractivity contribution in [3.8, 4) is 0 Å². The Morgan fingerprint density at radius 1 is 1.24 bits per heavy atom. The lowest BCUT2D eigenvalue weighted by molar-refractivity contribution is -0.147. The van der Waals surface area contributed by atoms with Gasteiger partial charge in [-0.25, -0.2) is 0 Å². The van der Waals surface area contributed by atoms with Crippen molar-refractivity contribution in [3.05, 3.63) is 35.9 Å². The minimum absolute atomic E-state index is 0.0146. The van der Waals surface area contributed by atoms with Crippen LogP contribution >= 0.6 is 11.8 Å². The number of carbonyl (C=O) groups is 1. The predicted molar refractivity (Wildman–Crippen MR) is 89.6 cm³/mol. The third-order valence-corrected chi connectivity index (χ3v) is 5.57. The van der Waals surface area contributed by atoms with Crippen LogP contribution in [0.4, 0.5) is 0 Å². The number of thioether (sulfide) groups is 1. The zero-order valence-electron chi connectivity index (χ0n) is 12.9. The Bertz CT molecular complexity index is 412. The van der Waals surface area contributed by atoms with E-state index in [0.29, 0.717) is 6.61 Å². The van der Waals surface area contributed by atoms with Crippen LogP contribution in [0.2, 0.25) is 0 Å². The fourth-order valence-corrected chi connectivity index (χ4v) is 4.28. The molecule has 3 heteroatoms. The molecule has 0 saturated heterocycles. The summed E-state index contributed by atoms with van der Waals surface area (Å²) < 4.78 is 5.26. The van der Waals surface area contributed by atoms with Crippen molar-refractivity contribution in [3.63, 3.8) is 0 Å². The highest BCUT2D eigenvalue weighted by Gasteiger charge is 2.23. The van der Waals surface area contributed by atoms with Crippen molar-refractivity contribution in [2.24, 2.45) is 5.92 Å². The summed E-state index contributed by atoms with van der Waals surface area (Å²) in [6.45, 7) is 2.35. The van der Waals surface area contributed by atoms with Gasteiger partial charge in [-0.1, -0.05) is 49.6 Å². The Hall–Kier alpha value is -0.960. The van der Waals surface area contributed by atoms with Gasteiger partial charge in [0, 0.05) is 11.0 Å². The zero-order valence-corrected chi connectivity index (χ0v) is 13.7. The van der Waals surface area contributed by atoms with Gasteiger partial charge in [0.1, 0.15) is 0 Å². The molecule has 2 rings (SSSR count). The summed E-state index contributed by atoms with van der Waals surface area (Å²) in [4.78, 5) is 12.2. The van der Waals surface area contributed by atoms with Gasteiger partial charge in [0.2, 0.25) is 0 Å². The normalized spacial score (nSPS) is 17.4. The first-order valence-corrected chi connectivity index (χ1v) is 9.16. The molecule has 0 heterocycles. The first-order valence-electron chi connectivity index (χ1n) is 8.11. The van der Waals surface area contributed by atoms with E-state index in [0.717, 1.165) is 17.4 Å². The molecule has 1 saturated carbocycles. The summed E-state index contributed by atoms with van der Waals surface area (Å²) >= 11 is 1.98. The summed E-state index contributed by atoms with van der Waals surface area (Å²) in [6, 6.07) is 10.3. The number of rotatable bonds is 7. The van der Waals surface area contributed by atoms with Crippen LogP contribution in [0.25, 0.3) is 0 Å². The molecule has 0 radical (unpaired) electrons. The maximum atomic E-state index is 12.2. The average Bonchev–Trinajstić information content (AvgIpc) is 2.53. The monoisotopic (exact) mass is 306 g/mol. The average molecular weight is 306 g/mol. The molecule has 0 N–H and O–H groups in total. The minimum Gasteiger partial charge on any atom is -0.466 e. The van der Waals surface area contributed by atoms with Crippen molar-refractivity contribution in [1.82, 2.24) is 0 Å². The summed E-state index contributed by atoms with van der Waals surface area (Å²) in [5.41, 5.74) is 1.22. The van der Waals surface area contributed by atoms with E-state index in [4.69, 9.17) is 4.74 Å². The molecule has 1 aliphatic rings. The van der Waals surface area contributed by atoms with Crippen LogP contribution < -0.4 is 0 Å². The molecule has 2 nitrogen and oxygen atoms in total. The van der Waals surface area contributed by atoms with E-state index in [1.54, 1.807) is 0 Å². The lowest BCUT2D eigenvalue weighted by Gasteiger charge is -2.23. The molecule has 1 aromatic rings. The molecule has 1 unspecified atom stereocenters. The SMILES string of the molecule is CCOC(=O)C(CSC1CCCCC1)Cc1ccccc1. The second-order valence-corrected chi connectivity index (χ2v) is 7.07. The molecule has 1 fully saturated rings. The number of hydrogen-bond acceptors (Lipinski definition) is 3. The van der Waals surface area contributed by atoms with Crippen LogP contribution in [0.15, 0.2) is 30.3 Å². The second-order valence-electron chi connectivity index (χ2n) is 5.73. The number of carbonyl (C=O) groups excluding carboxylic acids is 1. The van der Waals surface area contributed by atoms with Gasteiger partial charge in [0.25, 0.3) is 0 Å². The summed E-state index contributed by atoms with van der Waals surface area (Å²) in [7, 11) is 0. The molecule has 1 atom stereocenters. The molecule has 0 aliphatic heterocycles. The van der Waals surface area contributed by atoms with Crippen LogP contribution in [-0.4, -0.2) is 23.6 Å². The van der Waals surface area contributed by atoms with Crippen molar-refractivity contribution in [1.29, 1.82) is 0 Å². The molecule has 21 heavy (non-hydrogen) atoms. The largest absolute Gasteiger partial charge is 0.466 e. The predicted octanol–water partition coefficient (Wildman–Crippen LogP) is 4.47. The van der Waals surface area contributed by atoms with Crippen molar-refractivity contribution >= 4 is 17.7 Å². The van der Waals surface area contributed by atoms with Gasteiger partial charge in [-0.05, 0) is 31.7 Å². The molecule has 1 aromatic carbocycles. The molecule has 0 spiro atoms. The van der Waals surface area contributed by atoms with Crippen molar-refractivity contribution < 1.29 is 9.53 Å². The number of benzene rings is 1. The van der Waals surface area contributed by atoms with E-state index in [1.807, 2.05) is 36.9 Å². The summed E-state index contributed by atoms with van der Waals surface area (Å²) in [5, 5.41) is 0.742. The van der Waals surface area contributed by atoms with Crippen molar-refractivity contribution in [2.45, 2.75) is 50.7 Å². The van der Waals surface area contributed by atoms with Gasteiger partial charge in [0.05, 0.1) is 12.5 Å². The van der Waals surface area contributed by atoms with Gasteiger partial charge in [0.15, 0.2) is 0 Å². The first-order chi connectivity index (χ1) is 10.3. The van der Waals surface area contributed by atoms with Crippen LogP contribution in [0.5, 0.6) is 0 Å². The smallest absolute Gasteiger partial charge is 0.310 e. The number of hydrogen-bond donors (Lipinski definition) is 0. The summed E-state index contributed by atoms with van der Waals surface area (Å²) in [6.07, 6.45) is 7.49. The van der Waals surface area contributed by atoms with E-state index in [2.05, 4.69) is 12.1 Å². The topological polar surface area (TPSA) is 26.3 Å². The Morgan fingerprint density at radius 3 is 2.62 bits per heavy atom. The lowest BCUT2D eigenvalue weighted by atomic mass is 10.0. The first kappa shape index (κ1) is 16.4. The maximum absolute atomic E-state index is 12.2.